The van der Waals surface area contributed by atoms with Gasteiger partial charge < -0.3 is 5.32 Å². The van der Waals surface area contributed by atoms with Crippen LogP contribution >= 0.6 is 23.2 Å². The maximum absolute atomic E-state index is 14.5. The highest BCUT2D eigenvalue weighted by Gasteiger charge is 2.36. The van der Waals surface area contributed by atoms with E-state index >= 15 is 0 Å². The fourth-order valence-corrected chi connectivity index (χ4v) is 3.60. The zero-order valence-corrected chi connectivity index (χ0v) is 14.9. The van der Waals surface area contributed by atoms with E-state index in [1.807, 2.05) is 12.1 Å². The van der Waals surface area contributed by atoms with E-state index < -0.39 is 12.0 Å². The van der Waals surface area contributed by atoms with Gasteiger partial charge in [-0.2, -0.15) is 0 Å². The van der Waals surface area contributed by atoms with Crippen LogP contribution in [-0.2, 0) is 0 Å². The summed E-state index contributed by atoms with van der Waals surface area (Å²) in [5.41, 5.74) is 1.94. The number of hydrogen-bond acceptors (Lipinski definition) is 2. The van der Waals surface area contributed by atoms with Gasteiger partial charge in [-0.1, -0.05) is 53.5 Å². The first-order valence-corrected chi connectivity index (χ1v) is 8.70. The van der Waals surface area contributed by atoms with Crippen molar-refractivity contribution >= 4 is 40.5 Å². The highest BCUT2D eigenvalue weighted by molar-refractivity contribution is 6.35. The molecule has 0 saturated carbocycles. The number of anilines is 2. The molecule has 1 amide bonds. The predicted octanol–water partition coefficient (Wildman–Crippen LogP) is 5.90. The van der Waals surface area contributed by atoms with E-state index in [0.717, 1.165) is 0 Å². The molecule has 0 bridgehead atoms. The van der Waals surface area contributed by atoms with Gasteiger partial charge in [-0.3, -0.25) is 9.69 Å². The molecule has 26 heavy (non-hydrogen) atoms. The summed E-state index contributed by atoms with van der Waals surface area (Å²) in [6.45, 7) is 0. The Morgan fingerprint density at radius 1 is 0.962 bits per heavy atom. The highest BCUT2D eigenvalue weighted by atomic mass is 35.5. The van der Waals surface area contributed by atoms with Crippen molar-refractivity contribution in [3.8, 4) is 0 Å². The van der Waals surface area contributed by atoms with E-state index in [9.17, 15) is 9.18 Å². The molecule has 1 heterocycles. The molecule has 0 aromatic heterocycles. The van der Waals surface area contributed by atoms with Crippen molar-refractivity contribution in [1.29, 1.82) is 0 Å². The smallest absolute Gasteiger partial charge is 0.262 e. The van der Waals surface area contributed by atoms with Gasteiger partial charge in [-0.15, -0.1) is 0 Å². The number of nitrogens with zero attached hydrogens (tertiary/aromatic N) is 1. The Bertz CT molecular complexity index is 1010. The number of benzene rings is 3. The number of para-hydroxylation sites is 2. The Hall–Kier alpha value is -2.56. The Morgan fingerprint density at radius 3 is 2.46 bits per heavy atom. The van der Waals surface area contributed by atoms with E-state index in [-0.39, 0.29) is 11.6 Å². The van der Waals surface area contributed by atoms with Gasteiger partial charge in [0, 0.05) is 21.3 Å². The molecule has 4 rings (SSSR count). The average molecular weight is 387 g/mol. The molecular weight excluding hydrogens is 374 g/mol. The van der Waals surface area contributed by atoms with Crippen molar-refractivity contribution in [2.45, 2.75) is 6.17 Å². The van der Waals surface area contributed by atoms with Crippen molar-refractivity contribution in [2.75, 3.05) is 10.2 Å². The summed E-state index contributed by atoms with van der Waals surface area (Å²) in [5.74, 6) is -0.794. The fourth-order valence-electron chi connectivity index (χ4n) is 3.09. The molecule has 1 aliphatic heterocycles. The zero-order chi connectivity index (χ0) is 18.3. The summed E-state index contributed by atoms with van der Waals surface area (Å²) in [4.78, 5) is 14.6. The van der Waals surface area contributed by atoms with Gasteiger partial charge in [-0.25, -0.2) is 4.39 Å². The van der Waals surface area contributed by atoms with Crippen LogP contribution in [0.5, 0.6) is 0 Å². The topological polar surface area (TPSA) is 32.3 Å². The molecule has 3 aromatic rings. The number of halogens is 3. The largest absolute Gasteiger partial charge is 0.360 e. The molecule has 1 aliphatic rings. The van der Waals surface area contributed by atoms with Crippen LogP contribution < -0.4 is 10.2 Å². The molecular formula is C20H13Cl2FN2O. The van der Waals surface area contributed by atoms with Crippen LogP contribution in [0.25, 0.3) is 0 Å². The summed E-state index contributed by atoms with van der Waals surface area (Å²) in [6, 6.07) is 18.3. The average Bonchev–Trinajstić information content (AvgIpc) is 2.63. The molecule has 0 fully saturated rings. The van der Waals surface area contributed by atoms with Crippen LogP contribution in [0.1, 0.15) is 22.1 Å². The first kappa shape index (κ1) is 16.9. The standard InChI is InChI=1S/C20H13Cl2FN2O/c21-12-9-10-13(15(22)11-12)19-24-17-7-3-1-5-14(17)20(26)25(19)18-8-4-2-6-16(18)23/h1-11,19,24H. The molecule has 3 nitrogen and oxygen atoms in total. The van der Waals surface area contributed by atoms with Gasteiger partial charge in [0.2, 0.25) is 0 Å². The number of carbonyl (C=O) groups is 1. The lowest BCUT2D eigenvalue weighted by Crippen LogP contribution is -2.43. The molecule has 3 aromatic carbocycles. The van der Waals surface area contributed by atoms with Gasteiger partial charge in [0.25, 0.3) is 5.91 Å². The molecule has 6 heteroatoms. The minimum Gasteiger partial charge on any atom is -0.360 e. The molecule has 1 N–H and O–H groups in total. The summed E-state index contributed by atoms with van der Waals surface area (Å²) in [6.07, 6.45) is -0.668. The maximum atomic E-state index is 14.5. The van der Waals surface area contributed by atoms with Crippen molar-refractivity contribution in [3.05, 3.63) is 93.7 Å². The molecule has 0 aliphatic carbocycles. The quantitative estimate of drug-likeness (QED) is 0.594. The third kappa shape index (κ3) is 2.81. The number of rotatable bonds is 2. The minimum absolute atomic E-state index is 0.176. The number of carbonyl (C=O) groups excluding carboxylic acids is 1. The van der Waals surface area contributed by atoms with Crippen molar-refractivity contribution in [2.24, 2.45) is 0 Å². The Labute approximate surface area is 160 Å². The van der Waals surface area contributed by atoms with Crippen LogP contribution in [0.2, 0.25) is 10.0 Å². The lowest BCUT2D eigenvalue weighted by Gasteiger charge is -2.38. The predicted molar refractivity (Wildman–Crippen MR) is 102 cm³/mol. The van der Waals surface area contributed by atoms with Gasteiger partial charge in [-0.05, 0) is 36.4 Å². The lowest BCUT2D eigenvalue weighted by molar-refractivity contribution is 0.0974. The second-order valence-electron chi connectivity index (χ2n) is 5.88. The summed E-state index contributed by atoms with van der Waals surface area (Å²) in [5, 5.41) is 4.17. The third-order valence-corrected chi connectivity index (χ3v) is 4.86. The van der Waals surface area contributed by atoms with E-state index in [4.69, 9.17) is 23.2 Å². The van der Waals surface area contributed by atoms with Gasteiger partial charge in [0.05, 0.1) is 11.3 Å². The molecule has 1 unspecified atom stereocenters. The van der Waals surface area contributed by atoms with E-state index in [1.54, 1.807) is 48.5 Å². The summed E-state index contributed by atoms with van der Waals surface area (Å²) in [7, 11) is 0. The minimum atomic E-state index is -0.668. The maximum Gasteiger partial charge on any atom is 0.262 e. The van der Waals surface area contributed by atoms with Gasteiger partial charge in [0.1, 0.15) is 12.0 Å². The van der Waals surface area contributed by atoms with E-state index in [0.29, 0.717) is 26.9 Å². The van der Waals surface area contributed by atoms with E-state index in [2.05, 4.69) is 5.32 Å². The molecule has 0 radical (unpaired) electrons. The first-order chi connectivity index (χ1) is 12.6. The first-order valence-electron chi connectivity index (χ1n) is 7.95. The van der Waals surface area contributed by atoms with Crippen LogP contribution in [0, 0.1) is 5.82 Å². The second-order valence-corrected chi connectivity index (χ2v) is 6.73. The van der Waals surface area contributed by atoms with Crippen LogP contribution in [0.3, 0.4) is 0 Å². The van der Waals surface area contributed by atoms with Crippen molar-refractivity contribution < 1.29 is 9.18 Å². The Morgan fingerprint density at radius 2 is 1.69 bits per heavy atom. The Balaban J connectivity index is 1.92. The third-order valence-electron chi connectivity index (χ3n) is 4.30. The number of hydrogen-bond donors (Lipinski definition) is 1. The normalized spacial score (nSPS) is 16.2. The van der Waals surface area contributed by atoms with Crippen molar-refractivity contribution in [3.63, 3.8) is 0 Å². The SMILES string of the molecule is O=C1c2ccccc2NC(c2ccc(Cl)cc2Cl)N1c1ccccc1F. The van der Waals surface area contributed by atoms with Crippen molar-refractivity contribution in [1.82, 2.24) is 0 Å². The van der Waals surface area contributed by atoms with Gasteiger partial charge in [0.15, 0.2) is 0 Å². The molecule has 130 valence electrons. The Kier molecular flexibility index (Phi) is 4.31. The number of nitrogens with one attached hydrogen (secondary N) is 1. The van der Waals surface area contributed by atoms with Crippen LogP contribution in [0.15, 0.2) is 66.7 Å². The lowest BCUT2D eigenvalue weighted by atomic mass is 10.0. The van der Waals surface area contributed by atoms with Crippen LogP contribution in [-0.4, -0.2) is 5.91 Å². The monoisotopic (exact) mass is 386 g/mol. The number of amides is 1. The molecule has 1 atom stereocenters. The molecule has 0 saturated heterocycles. The second kappa shape index (κ2) is 6.63. The molecule has 0 spiro atoms. The van der Waals surface area contributed by atoms with E-state index in [1.165, 1.54) is 11.0 Å². The van der Waals surface area contributed by atoms with Crippen LogP contribution in [0.4, 0.5) is 15.8 Å². The highest BCUT2D eigenvalue weighted by Crippen LogP contribution is 2.40. The van der Waals surface area contributed by atoms with Gasteiger partial charge >= 0.3 is 0 Å². The zero-order valence-electron chi connectivity index (χ0n) is 13.4. The summed E-state index contributed by atoms with van der Waals surface area (Å²) >= 11 is 12.4. The fraction of sp³-hybridized carbons (Fsp3) is 0.0500. The summed E-state index contributed by atoms with van der Waals surface area (Å²) < 4.78 is 14.5. The number of fused-ring (bicyclic) bond motifs is 1.